The van der Waals surface area contributed by atoms with Gasteiger partial charge < -0.3 is 15.4 Å². The summed E-state index contributed by atoms with van der Waals surface area (Å²) >= 11 is 1.78. The Labute approximate surface area is 147 Å². The number of aliphatic imine (C=N–C) groups is 1. The van der Waals surface area contributed by atoms with Gasteiger partial charge in [0.2, 0.25) is 5.88 Å². The second kappa shape index (κ2) is 9.87. The Hall–Kier alpha value is -2.15. The van der Waals surface area contributed by atoms with E-state index in [0.717, 1.165) is 42.5 Å². The Morgan fingerprint density at radius 1 is 1.29 bits per heavy atom. The predicted molar refractivity (Wildman–Crippen MR) is 98.8 cm³/mol. The zero-order valence-electron chi connectivity index (χ0n) is 14.5. The molecular formula is C17H25N5OS. The van der Waals surface area contributed by atoms with E-state index in [4.69, 9.17) is 4.74 Å². The summed E-state index contributed by atoms with van der Waals surface area (Å²) in [6.07, 6.45) is 5.62. The summed E-state index contributed by atoms with van der Waals surface area (Å²) in [6.45, 7) is 6.33. The molecule has 0 spiro atoms. The van der Waals surface area contributed by atoms with E-state index in [0.29, 0.717) is 12.4 Å². The Kier molecular flexibility index (Phi) is 7.48. The lowest BCUT2D eigenvalue weighted by Gasteiger charge is -2.11. The zero-order chi connectivity index (χ0) is 17.2. The number of hydrogen-bond acceptors (Lipinski definition) is 5. The number of hydrogen-bond donors (Lipinski definition) is 2. The largest absolute Gasteiger partial charge is 0.481 e. The maximum absolute atomic E-state index is 5.26. The number of rotatable bonds is 8. The van der Waals surface area contributed by atoms with Gasteiger partial charge >= 0.3 is 0 Å². The van der Waals surface area contributed by atoms with Crippen LogP contribution < -0.4 is 15.4 Å². The van der Waals surface area contributed by atoms with Crippen molar-refractivity contribution in [2.45, 2.75) is 33.2 Å². The summed E-state index contributed by atoms with van der Waals surface area (Å²) < 4.78 is 5.26. The van der Waals surface area contributed by atoms with Crippen LogP contribution in [0.2, 0.25) is 0 Å². The first-order chi connectivity index (χ1) is 11.8. The van der Waals surface area contributed by atoms with Crippen molar-refractivity contribution in [1.82, 2.24) is 20.6 Å². The topological polar surface area (TPSA) is 71.4 Å². The van der Waals surface area contributed by atoms with Gasteiger partial charge in [-0.25, -0.2) is 15.0 Å². The average Bonchev–Trinajstić information content (AvgIpc) is 3.08. The molecule has 0 aliphatic carbocycles. The van der Waals surface area contributed by atoms with E-state index in [9.17, 15) is 0 Å². The molecule has 0 unspecified atom stereocenters. The minimum Gasteiger partial charge on any atom is -0.481 e. The molecule has 0 fully saturated rings. The number of guanidine groups is 1. The van der Waals surface area contributed by atoms with Crippen molar-refractivity contribution < 1.29 is 4.74 Å². The van der Waals surface area contributed by atoms with Crippen LogP contribution in [0.1, 0.15) is 29.3 Å². The minimum atomic E-state index is 0.517. The molecule has 0 atom stereocenters. The van der Waals surface area contributed by atoms with E-state index in [1.165, 1.54) is 4.88 Å². The van der Waals surface area contributed by atoms with Crippen molar-refractivity contribution in [3.05, 3.63) is 40.0 Å². The normalized spacial score (nSPS) is 11.4. The van der Waals surface area contributed by atoms with Crippen molar-refractivity contribution in [2.24, 2.45) is 4.99 Å². The van der Waals surface area contributed by atoms with E-state index in [1.54, 1.807) is 24.6 Å². The molecule has 2 aromatic rings. The Morgan fingerprint density at radius 2 is 2.17 bits per heavy atom. The molecule has 2 N–H and O–H groups in total. The SMILES string of the molecule is CCNC(=NCc1cccnc1OC)NCCc1ncc(CC)s1. The van der Waals surface area contributed by atoms with Crippen LogP contribution in [0.25, 0.3) is 0 Å². The molecule has 2 rings (SSSR count). The molecule has 6 nitrogen and oxygen atoms in total. The fraction of sp³-hybridized carbons (Fsp3) is 0.471. The number of nitrogens with one attached hydrogen (secondary N) is 2. The second-order valence-electron chi connectivity index (χ2n) is 5.12. The van der Waals surface area contributed by atoms with Gasteiger partial charge in [0.05, 0.1) is 18.7 Å². The van der Waals surface area contributed by atoms with Crippen LogP contribution >= 0.6 is 11.3 Å². The van der Waals surface area contributed by atoms with Crippen molar-refractivity contribution >= 4 is 17.3 Å². The Balaban J connectivity index is 1.90. The predicted octanol–water partition coefficient (Wildman–Crippen LogP) is 2.41. The summed E-state index contributed by atoms with van der Waals surface area (Å²) in [4.78, 5) is 14.6. The van der Waals surface area contributed by atoms with E-state index in [-0.39, 0.29) is 0 Å². The van der Waals surface area contributed by atoms with Crippen LogP contribution in [0.15, 0.2) is 29.5 Å². The van der Waals surface area contributed by atoms with E-state index >= 15 is 0 Å². The zero-order valence-corrected chi connectivity index (χ0v) is 15.3. The Bertz CT molecular complexity index is 656. The molecule has 130 valence electrons. The molecule has 0 saturated carbocycles. The van der Waals surface area contributed by atoms with Gasteiger partial charge in [0.15, 0.2) is 5.96 Å². The summed E-state index contributed by atoms with van der Waals surface area (Å²) in [7, 11) is 1.62. The number of thiazole rings is 1. The molecule has 0 amide bonds. The number of ether oxygens (including phenoxy) is 1. The molecule has 0 saturated heterocycles. The first-order valence-corrected chi connectivity index (χ1v) is 9.02. The van der Waals surface area contributed by atoms with Gasteiger partial charge in [-0.3, -0.25) is 0 Å². The number of aryl methyl sites for hydroxylation is 1. The van der Waals surface area contributed by atoms with Gasteiger partial charge in [-0.1, -0.05) is 13.0 Å². The molecule has 7 heteroatoms. The molecule has 0 aromatic carbocycles. The van der Waals surface area contributed by atoms with Crippen LogP contribution in [0.4, 0.5) is 0 Å². The van der Waals surface area contributed by atoms with E-state index in [1.807, 2.05) is 18.3 Å². The average molecular weight is 347 g/mol. The molecule has 0 radical (unpaired) electrons. The number of aromatic nitrogens is 2. The number of nitrogens with zero attached hydrogens (tertiary/aromatic N) is 3. The monoisotopic (exact) mass is 347 g/mol. The number of methoxy groups -OCH3 is 1. The van der Waals surface area contributed by atoms with Crippen LogP contribution in [0, 0.1) is 0 Å². The second-order valence-corrected chi connectivity index (χ2v) is 6.32. The van der Waals surface area contributed by atoms with Crippen molar-refractivity contribution in [3.63, 3.8) is 0 Å². The number of pyridine rings is 1. The van der Waals surface area contributed by atoms with E-state index < -0.39 is 0 Å². The van der Waals surface area contributed by atoms with Gasteiger partial charge in [0.25, 0.3) is 0 Å². The van der Waals surface area contributed by atoms with Crippen LogP contribution in [-0.2, 0) is 19.4 Å². The lowest BCUT2D eigenvalue weighted by atomic mass is 10.3. The Morgan fingerprint density at radius 3 is 2.88 bits per heavy atom. The highest BCUT2D eigenvalue weighted by atomic mass is 32.1. The van der Waals surface area contributed by atoms with Gasteiger partial charge in [-0.2, -0.15) is 0 Å². The fourth-order valence-electron chi connectivity index (χ4n) is 2.15. The van der Waals surface area contributed by atoms with Gasteiger partial charge in [0, 0.05) is 42.3 Å². The van der Waals surface area contributed by atoms with Crippen molar-refractivity contribution in [3.8, 4) is 5.88 Å². The third-order valence-corrected chi connectivity index (χ3v) is 4.58. The summed E-state index contributed by atoms with van der Waals surface area (Å²) in [5.74, 6) is 1.41. The first-order valence-electron chi connectivity index (χ1n) is 8.20. The molecule has 0 bridgehead atoms. The smallest absolute Gasteiger partial charge is 0.218 e. The van der Waals surface area contributed by atoms with Gasteiger partial charge in [-0.05, 0) is 19.4 Å². The van der Waals surface area contributed by atoms with E-state index in [2.05, 4.69) is 39.4 Å². The highest BCUT2D eigenvalue weighted by Crippen LogP contribution is 2.14. The quantitative estimate of drug-likeness (QED) is 0.567. The van der Waals surface area contributed by atoms with Gasteiger partial charge in [0.1, 0.15) is 0 Å². The standard InChI is InChI=1S/C17H25N5OS/c1-4-14-12-21-15(24-14)8-10-20-17(18-5-2)22-11-13-7-6-9-19-16(13)23-3/h6-7,9,12H,4-5,8,10-11H2,1-3H3,(H2,18,20,22). The third kappa shape index (κ3) is 5.49. The van der Waals surface area contributed by atoms with Crippen molar-refractivity contribution in [1.29, 1.82) is 0 Å². The fourth-order valence-corrected chi connectivity index (χ4v) is 3.01. The van der Waals surface area contributed by atoms with Crippen LogP contribution in [0.5, 0.6) is 5.88 Å². The molecular weight excluding hydrogens is 322 g/mol. The first kappa shape index (κ1) is 18.2. The molecule has 24 heavy (non-hydrogen) atoms. The lowest BCUT2D eigenvalue weighted by molar-refractivity contribution is 0.392. The summed E-state index contributed by atoms with van der Waals surface area (Å²) in [5.41, 5.74) is 0.963. The summed E-state index contributed by atoms with van der Waals surface area (Å²) in [6, 6.07) is 3.86. The van der Waals surface area contributed by atoms with Crippen LogP contribution in [-0.4, -0.2) is 36.1 Å². The molecule has 2 heterocycles. The molecule has 0 aliphatic heterocycles. The minimum absolute atomic E-state index is 0.517. The molecule has 0 aliphatic rings. The lowest BCUT2D eigenvalue weighted by Crippen LogP contribution is -2.38. The third-order valence-electron chi connectivity index (χ3n) is 3.38. The highest BCUT2D eigenvalue weighted by Gasteiger charge is 2.04. The van der Waals surface area contributed by atoms with Gasteiger partial charge in [-0.15, -0.1) is 11.3 Å². The molecule has 2 aromatic heterocycles. The van der Waals surface area contributed by atoms with Crippen molar-refractivity contribution in [2.75, 3.05) is 20.2 Å². The summed E-state index contributed by atoms with van der Waals surface area (Å²) in [5, 5.41) is 7.76. The van der Waals surface area contributed by atoms with Crippen LogP contribution in [0.3, 0.4) is 0 Å². The highest BCUT2D eigenvalue weighted by molar-refractivity contribution is 7.11. The maximum atomic E-state index is 5.26. The maximum Gasteiger partial charge on any atom is 0.218 e.